The topological polar surface area (TPSA) is 141 Å². The Hall–Kier alpha value is -2.72. The van der Waals surface area contributed by atoms with Gasteiger partial charge in [-0.25, -0.2) is 9.48 Å². The Labute approximate surface area is 149 Å². The van der Waals surface area contributed by atoms with E-state index >= 15 is 0 Å². The number of carbonyl (C=O) groups is 2. The molecule has 0 amide bonds. The summed E-state index contributed by atoms with van der Waals surface area (Å²) in [4.78, 5) is 23.6. The van der Waals surface area contributed by atoms with E-state index < -0.39 is 18.9 Å². The lowest BCUT2D eigenvalue weighted by Gasteiger charge is -2.28. The van der Waals surface area contributed by atoms with Crippen LogP contribution in [0.5, 0.6) is 5.75 Å². The van der Waals surface area contributed by atoms with Crippen LogP contribution in [0.2, 0.25) is 5.82 Å². The summed E-state index contributed by atoms with van der Waals surface area (Å²) in [6.07, 6.45) is 0.433. The molecule has 0 fully saturated rings. The molecule has 10 heteroatoms. The Morgan fingerprint density at radius 1 is 1.46 bits per heavy atom. The quantitative estimate of drug-likeness (QED) is 0.622. The highest BCUT2D eigenvalue weighted by molar-refractivity contribution is 6.47. The number of ketones is 1. The molecule has 0 unspecified atom stereocenters. The molecule has 0 radical (unpaired) electrons. The van der Waals surface area contributed by atoms with Gasteiger partial charge in [-0.3, -0.25) is 4.79 Å². The molecule has 2 aromatic rings. The summed E-state index contributed by atoms with van der Waals surface area (Å²) in [6.45, 7) is 2.07. The van der Waals surface area contributed by atoms with E-state index in [1.807, 2.05) is 0 Å². The highest BCUT2D eigenvalue weighted by atomic mass is 16.5. The average Bonchev–Trinajstić information content (AvgIpc) is 2.94. The van der Waals surface area contributed by atoms with Gasteiger partial charge in [-0.1, -0.05) is 17.3 Å². The predicted molar refractivity (Wildman–Crippen MR) is 91.7 cm³/mol. The third-order valence-electron chi connectivity index (χ3n) is 4.54. The third-order valence-corrected chi connectivity index (χ3v) is 4.54. The zero-order valence-electron chi connectivity index (χ0n) is 14.3. The van der Waals surface area contributed by atoms with Gasteiger partial charge < -0.3 is 20.5 Å². The van der Waals surface area contributed by atoms with E-state index in [0.29, 0.717) is 17.7 Å². The maximum Gasteiger partial charge on any atom is 0.526 e. The lowest BCUT2D eigenvalue weighted by Crippen LogP contribution is -2.36. The van der Waals surface area contributed by atoms with E-state index in [-0.39, 0.29) is 36.6 Å². The molecule has 1 aromatic carbocycles. The Bertz CT molecular complexity index is 853. The molecule has 0 spiro atoms. The van der Waals surface area contributed by atoms with Gasteiger partial charge in [0.15, 0.2) is 5.78 Å². The third kappa shape index (κ3) is 3.46. The molecule has 0 aliphatic carbocycles. The van der Waals surface area contributed by atoms with Crippen LogP contribution < -0.4 is 10.4 Å². The van der Waals surface area contributed by atoms with Gasteiger partial charge in [0, 0.05) is 18.8 Å². The van der Waals surface area contributed by atoms with E-state index in [9.17, 15) is 19.7 Å². The molecule has 4 N–H and O–H groups in total. The number of nitrogens with two attached hydrogens (primary N) is 1. The van der Waals surface area contributed by atoms with Crippen LogP contribution in [0.15, 0.2) is 18.2 Å². The molecule has 0 saturated heterocycles. The Kier molecular flexibility index (Phi) is 5.05. The maximum absolute atomic E-state index is 12.4. The minimum Gasteiger partial charge on any atom is -0.535 e. The zero-order valence-corrected chi connectivity index (χ0v) is 14.3. The number of para-hydroxylation sites is 1. The number of carboxylic acids is 1. The SMILES string of the molecule is Cc1c(CN)nnn1CC(=O)C[C@H]1Cc2cccc(C(=O)O)c2OB1O. The normalized spacial score (nSPS) is 16.1. The molecule has 1 aliphatic heterocycles. The molecule has 1 aliphatic rings. The smallest absolute Gasteiger partial charge is 0.526 e. The zero-order chi connectivity index (χ0) is 18.8. The number of Topliss-reactive ketones (excluding diaryl/α,β-unsaturated/α-hetero) is 1. The van der Waals surface area contributed by atoms with Gasteiger partial charge >= 0.3 is 13.1 Å². The summed E-state index contributed by atoms with van der Waals surface area (Å²) < 4.78 is 6.89. The fourth-order valence-electron chi connectivity index (χ4n) is 3.09. The lowest BCUT2D eigenvalue weighted by atomic mass is 9.64. The van der Waals surface area contributed by atoms with Crippen molar-refractivity contribution in [3.05, 3.63) is 40.7 Å². The van der Waals surface area contributed by atoms with Crippen LogP contribution in [0.3, 0.4) is 0 Å². The first kappa shape index (κ1) is 18.1. The highest BCUT2D eigenvalue weighted by Gasteiger charge is 2.37. The van der Waals surface area contributed by atoms with Crippen LogP contribution >= 0.6 is 0 Å². The van der Waals surface area contributed by atoms with Crippen LogP contribution in [0.1, 0.15) is 33.7 Å². The number of aromatic carboxylic acids is 1. The monoisotopic (exact) mass is 358 g/mol. The Morgan fingerprint density at radius 3 is 2.88 bits per heavy atom. The summed E-state index contributed by atoms with van der Waals surface area (Å²) in [7, 11) is -1.25. The van der Waals surface area contributed by atoms with Gasteiger partial charge in [-0.2, -0.15) is 0 Å². The second-order valence-electron chi connectivity index (χ2n) is 6.30. The average molecular weight is 358 g/mol. The van der Waals surface area contributed by atoms with Crippen molar-refractivity contribution in [3.63, 3.8) is 0 Å². The van der Waals surface area contributed by atoms with Gasteiger partial charge in [0.1, 0.15) is 12.3 Å². The molecule has 0 bridgehead atoms. The fourth-order valence-corrected chi connectivity index (χ4v) is 3.09. The minimum atomic E-state index is -1.25. The Morgan fingerprint density at radius 2 is 2.23 bits per heavy atom. The Balaban J connectivity index is 1.71. The first-order valence-corrected chi connectivity index (χ1v) is 8.21. The molecule has 136 valence electrons. The number of carboxylic acid groups (broad SMARTS) is 1. The van der Waals surface area contributed by atoms with Crippen LogP contribution in [0.4, 0.5) is 0 Å². The van der Waals surface area contributed by atoms with Crippen molar-refractivity contribution in [1.82, 2.24) is 15.0 Å². The summed E-state index contributed by atoms with van der Waals surface area (Å²) in [5.41, 5.74) is 7.58. The van der Waals surface area contributed by atoms with Crippen molar-refractivity contribution in [2.75, 3.05) is 0 Å². The highest BCUT2D eigenvalue weighted by Crippen LogP contribution is 2.36. The summed E-state index contributed by atoms with van der Waals surface area (Å²) in [6, 6.07) is 4.78. The van der Waals surface area contributed by atoms with Gasteiger partial charge in [0.2, 0.25) is 0 Å². The number of fused-ring (bicyclic) bond motifs is 1. The van der Waals surface area contributed by atoms with Gasteiger partial charge in [0.25, 0.3) is 0 Å². The van der Waals surface area contributed by atoms with Crippen molar-refractivity contribution < 1.29 is 24.4 Å². The van der Waals surface area contributed by atoms with E-state index in [2.05, 4.69) is 10.3 Å². The van der Waals surface area contributed by atoms with E-state index in [1.165, 1.54) is 10.7 Å². The van der Waals surface area contributed by atoms with Gasteiger partial charge in [-0.05, 0) is 25.0 Å². The molecule has 3 rings (SSSR count). The van der Waals surface area contributed by atoms with Gasteiger partial charge in [0.05, 0.1) is 17.0 Å². The number of hydrogen-bond acceptors (Lipinski definition) is 7. The van der Waals surface area contributed by atoms with Crippen LogP contribution in [0.25, 0.3) is 0 Å². The largest absolute Gasteiger partial charge is 0.535 e. The van der Waals surface area contributed by atoms with Crippen LogP contribution in [-0.2, 0) is 24.3 Å². The van der Waals surface area contributed by atoms with E-state index in [1.54, 1.807) is 19.1 Å². The first-order chi connectivity index (χ1) is 12.4. The van der Waals surface area contributed by atoms with E-state index in [0.717, 1.165) is 5.69 Å². The summed E-state index contributed by atoms with van der Waals surface area (Å²) in [5.74, 6) is -1.55. The molecule has 26 heavy (non-hydrogen) atoms. The van der Waals surface area contributed by atoms with Crippen molar-refractivity contribution in [3.8, 4) is 5.75 Å². The molecule has 2 heterocycles. The van der Waals surface area contributed by atoms with Crippen molar-refractivity contribution in [2.45, 2.75) is 38.7 Å². The summed E-state index contributed by atoms with van der Waals surface area (Å²) >= 11 is 0. The number of aromatic nitrogens is 3. The fraction of sp³-hybridized carbons (Fsp3) is 0.375. The lowest BCUT2D eigenvalue weighted by molar-refractivity contribution is -0.120. The van der Waals surface area contributed by atoms with Gasteiger partial charge in [-0.15, -0.1) is 5.10 Å². The number of carbonyl (C=O) groups excluding carboxylic acids is 1. The number of benzene rings is 1. The van der Waals surface area contributed by atoms with Crippen molar-refractivity contribution >= 4 is 18.9 Å². The number of rotatable bonds is 6. The minimum absolute atomic E-state index is 0.00104. The molecular formula is C16H19BN4O5. The molecule has 9 nitrogen and oxygen atoms in total. The standard InChI is InChI=1S/C16H19BN4O5/c1-9-14(7-18)19-20-21(9)8-12(22)6-11-5-10-3-2-4-13(16(23)24)15(10)26-17(11)25/h2-4,11,25H,5-8,18H2,1H3,(H,23,24)/t11-/m1/s1. The van der Waals surface area contributed by atoms with Crippen molar-refractivity contribution in [2.24, 2.45) is 5.73 Å². The molecule has 1 aromatic heterocycles. The summed E-state index contributed by atoms with van der Waals surface area (Å²) in [5, 5.41) is 27.2. The second kappa shape index (κ2) is 7.26. The van der Waals surface area contributed by atoms with Crippen LogP contribution in [0, 0.1) is 6.92 Å². The number of nitrogens with zero attached hydrogens (tertiary/aromatic N) is 3. The first-order valence-electron chi connectivity index (χ1n) is 8.21. The maximum atomic E-state index is 12.4. The molecule has 1 atom stereocenters. The molecule has 0 saturated carbocycles. The van der Waals surface area contributed by atoms with E-state index in [4.69, 9.17) is 10.4 Å². The number of hydrogen-bond donors (Lipinski definition) is 3. The molecular weight excluding hydrogens is 339 g/mol. The predicted octanol–water partition coefficient (Wildman–Crippen LogP) is 0.188. The van der Waals surface area contributed by atoms with Crippen LogP contribution in [-0.4, -0.2) is 44.0 Å². The second-order valence-corrected chi connectivity index (χ2v) is 6.30. The van der Waals surface area contributed by atoms with Crippen molar-refractivity contribution in [1.29, 1.82) is 0 Å².